The molecule has 0 aliphatic carbocycles. The molecule has 1 aliphatic heterocycles. The highest BCUT2D eigenvalue weighted by molar-refractivity contribution is 9.10. The van der Waals surface area contributed by atoms with E-state index in [1.165, 1.54) is 0 Å². The largest absolute Gasteiger partial charge is 0.480 e. The summed E-state index contributed by atoms with van der Waals surface area (Å²) >= 11 is 3.38. The topological polar surface area (TPSA) is 59.0 Å². The average molecular weight is 358 g/mol. The highest BCUT2D eigenvalue weighted by Crippen LogP contribution is 2.29. The molecular formula is C15H20BrNO4. The normalized spacial score (nSPS) is 18.2. The number of nitrogens with zero attached hydrogens (tertiary/aromatic N) is 1. The monoisotopic (exact) mass is 357 g/mol. The zero-order valence-electron chi connectivity index (χ0n) is 12.2. The van der Waals surface area contributed by atoms with Crippen LogP contribution in [0.1, 0.15) is 25.5 Å². The van der Waals surface area contributed by atoms with Crippen LogP contribution in [0.15, 0.2) is 22.7 Å². The second kappa shape index (κ2) is 7.24. The molecule has 1 aromatic rings. The third-order valence-electron chi connectivity index (χ3n) is 3.40. The Kier molecular flexibility index (Phi) is 5.61. The summed E-state index contributed by atoms with van der Waals surface area (Å²) < 4.78 is 11.9. The fourth-order valence-corrected chi connectivity index (χ4v) is 2.58. The van der Waals surface area contributed by atoms with Crippen molar-refractivity contribution in [2.24, 2.45) is 0 Å². The minimum absolute atomic E-state index is 0.0604. The number of carbonyl (C=O) groups excluding carboxylic acids is 1. The van der Waals surface area contributed by atoms with E-state index in [9.17, 15) is 9.90 Å². The lowest BCUT2D eigenvalue weighted by atomic mass is 10.1. The van der Waals surface area contributed by atoms with E-state index in [2.05, 4.69) is 15.9 Å². The maximum Gasteiger partial charge on any atom is 0.263 e. The molecule has 1 heterocycles. The van der Waals surface area contributed by atoms with Crippen molar-refractivity contribution in [3.05, 3.63) is 28.2 Å². The minimum Gasteiger partial charge on any atom is -0.480 e. The summed E-state index contributed by atoms with van der Waals surface area (Å²) in [7, 11) is 0. The lowest BCUT2D eigenvalue weighted by Gasteiger charge is -2.29. The van der Waals surface area contributed by atoms with Crippen molar-refractivity contribution in [3.8, 4) is 5.75 Å². The van der Waals surface area contributed by atoms with Crippen LogP contribution in [0.4, 0.5) is 0 Å². The molecule has 1 aromatic carbocycles. The molecule has 2 rings (SSSR count). The first kappa shape index (κ1) is 16.3. The van der Waals surface area contributed by atoms with Gasteiger partial charge < -0.3 is 19.5 Å². The summed E-state index contributed by atoms with van der Waals surface area (Å²) in [5, 5.41) is 9.79. The lowest BCUT2D eigenvalue weighted by Crippen LogP contribution is -2.46. The highest BCUT2D eigenvalue weighted by Gasteiger charge is 2.24. The van der Waals surface area contributed by atoms with Crippen molar-refractivity contribution in [1.82, 2.24) is 4.90 Å². The summed E-state index contributed by atoms with van der Waals surface area (Å²) in [5.41, 5.74) is 0.667. The molecule has 0 saturated carbocycles. The molecule has 21 heavy (non-hydrogen) atoms. The summed E-state index contributed by atoms with van der Waals surface area (Å²) in [4.78, 5) is 14.1. The number of morpholine rings is 1. The zero-order chi connectivity index (χ0) is 15.4. The average Bonchev–Trinajstić information content (AvgIpc) is 2.47. The van der Waals surface area contributed by atoms with Gasteiger partial charge in [0.05, 0.1) is 19.3 Å². The van der Waals surface area contributed by atoms with Gasteiger partial charge in [-0.05, 0) is 26.0 Å². The third kappa shape index (κ3) is 4.18. The number of rotatable bonds is 4. The van der Waals surface area contributed by atoms with Crippen LogP contribution in [0.3, 0.4) is 0 Å². The number of amides is 1. The Morgan fingerprint density at radius 2 is 2.05 bits per heavy atom. The Labute approximate surface area is 133 Å². The molecule has 2 unspecified atom stereocenters. The van der Waals surface area contributed by atoms with Gasteiger partial charge in [0, 0.05) is 23.1 Å². The van der Waals surface area contributed by atoms with Crippen molar-refractivity contribution < 1.29 is 19.4 Å². The molecule has 1 amide bonds. The number of aliphatic hydroxyl groups excluding tert-OH is 1. The Morgan fingerprint density at radius 1 is 1.38 bits per heavy atom. The van der Waals surface area contributed by atoms with E-state index in [0.29, 0.717) is 37.6 Å². The Balaban J connectivity index is 2.09. The molecule has 6 heteroatoms. The molecule has 2 atom stereocenters. The first-order valence-electron chi connectivity index (χ1n) is 6.99. The molecule has 5 nitrogen and oxygen atoms in total. The molecule has 0 spiro atoms. The Bertz CT molecular complexity index is 500. The van der Waals surface area contributed by atoms with Gasteiger partial charge in [-0.15, -0.1) is 0 Å². The molecule has 1 fully saturated rings. The van der Waals surface area contributed by atoms with E-state index in [-0.39, 0.29) is 5.91 Å². The van der Waals surface area contributed by atoms with Gasteiger partial charge in [0.25, 0.3) is 5.91 Å². The fourth-order valence-electron chi connectivity index (χ4n) is 2.24. The number of hydrogen-bond acceptors (Lipinski definition) is 4. The van der Waals surface area contributed by atoms with Crippen molar-refractivity contribution in [2.45, 2.75) is 26.1 Å². The molecule has 0 radical (unpaired) electrons. The van der Waals surface area contributed by atoms with Crippen LogP contribution in [0.2, 0.25) is 0 Å². The van der Waals surface area contributed by atoms with Crippen LogP contribution in [-0.2, 0) is 9.53 Å². The van der Waals surface area contributed by atoms with E-state index in [1.807, 2.05) is 6.07 Å². The highest BCUT2D eigenvalue weighted by atomic mass is 79.9. The van der Waals surface area contributed by atoms with Gasteiger partial charge in [-0.25, -0.2) is 0 Å². The van der Waals surface area contributed by atoms with Crippen molar-refractivity contribution >= 4 is 21.8 Å². The van der Waals surface area contributed by atoms with Gasteiger partial charge in [0.1, 0.15) is 5.75 Å². The molecular weight excluding hydrogens is 338 g/mol. The maximum absolute atomic E-state index is 12.3. The first-order chi connectivity index (χ1) is 9.99. The van der Waals surface area contributed by atoms with Gasteiger partial charge in [-0.3, -0.25) is 4.79 Å². The molecule has 116 valence electrons. The number of carbonyl (C=O) groups is 1. The van der Waals surface area contributed by atoms with Crippen molar-refractivity contribution in [2.75, 3.05) is 26.3 Å². The molecule has 0 bridgehead atoms. The molecule has 0 aromatic heterocycles. The zero-order valence-corrected chi connectivity index (χ0v) is 13.8. The molecule has 1 saturated heterocycles. The predicted molar refractivity (Wildman–Crippen MR) is 82.3 cm³/mol. The summed E-state index contributed by atoms with van der Waals surface area (Å²) in [5.74, 6) is 0.461. The molecule has 1 aliphatic rings. The van der Waals surface area contributed by atoms with E-state index < -0.39 is 12.2 Å². The second-order valence-corrected chi connectivity index (χ2v) is 5.97. The number of hydrogen-bond donors (Lipinski definition) is 1. The Morgan fingerprint density at radius 3 is 2.67 bits per heavy atom. The van der Waals surface area contributed by atoms with Crippen LogP contribution < -0.4 is 4.74 Å². The summed E-state index contributed by atoms with van der Waals surface area (Å²) in [6.45, 7) is 5.71. The number of aliphatic hydroxyl groups is 1. The first-order valence-corrected chi connectivity index (χ1v) is 7.79. The van der Waals surface area contributed by atoms with E-state index in [0.717, 1.165) is 4.47 Å². The predicted octanol–water partition coefficient (Wildman–Crippen LogP) is 2.13. The summed E-state index contributed by atoms with van der Waals surface area (Å²) in [6, 6.07) is 5.39. The van der Waals surface area contributed by atoms with E-state index in [4.69, 9.17) is 9.47 Å². The smallest absolute Gasteiger partial charge is 0.263 e. The number of halogens is 1. The van der Waals surface area contributed by atoms with E-state index >= 15 is 0 Å². The Hall–Kier alpha value is -1.11. The van der Waals surface area contributed by atoms with Gasteiger partial charge in [0.15, 0.2) is 6.10 Å². The minimum atomic E-state index is -0.654. The summed E-state index contributed by atoms with van der Waals surface area (Å²) in [6.07, 6.45) is -1.26. The van der Waals surface area contributed by atoms with Gasteiger partial charge in [-0.1, -0.05) is 22.0 Å². The van der Waals surface area contributed by atoms with Crippen molar-refractivity contribution in [1.29, 1.82) is 0 Å². The van der Waals surface area contributed by atoms with Crippen LogP contribution in [-0.4, -0.2) is 48.3 Å². The second-order valence-electron chi connectivity index (χ2n) is 5.06. The van der Waals surface area contributed by atoms with Gasteiger partial charge >= 0.3 is 0 Å². The quantitative estimate of drug-likeness (QED) is 0.896. The van der Waals surface area contributed by atoms with Crippen LogP contribution in [0.25, 0.3) is 0 Å². The third-order valence-corrected chi connectivity index (χ3v) is 3.89. The SMILES string of the molecule is CC(Oc1cc(Br)ccc1C(C)O)C(=O)N1CCOCC1. The van der Waals surface area contributed by atoms with Crippen LogP contribution >= 0.6 is 15.9 Å². The van der Waals surface area contributed by atoms with Crippen LogP contribution in [0.5, 0.6) is 5.75 Å². The van der Waals surface area contributed by atoms with E-state index in [1.54, 1.807) is 30.9 Å². The van der Waals surface area contributed by atoms with Gasteiger partial charge in [0.2, 0.25) is 0 Å². The number of benzene rings is 1. The fraction of sp³-hybridized carbons (Fsp3) is 0.533. The lowest BCUT2D eigenvalue weighted by molar-refractivity contribution is -0.142. The van der Waals surface area contributed by atoms with Crippen LogP contribution in [0, 0.1) is 0 Å². The standard InChI is InChI=1S/C15H20BrNO4/c1-10(18)13-4-3-12(16)9-14(13)21-11(2)15(19)17-5-7-20-8-6-17/h3-4,9-11,18H,5-8H2,1-2H3. The number of ether oxygens (including phenoxy) is 2. The van der Waals surface area contributed by atoms with Gasteiger partial charge in [-0.2, -0.15) is 0 Å². The molecule has 1 N–H and O–H groups in total. The van der Waals surface area contributed by atoms with Crippen molar-refractivity contribution in [3.63, 3.8) is 0 Å². The maximum atomic E-state index is 12.3.